The second kappa shape index (κ2) is 7.50. The van der Waals surface area contributed by atoms with Crippen LogP contribution in [-0.4, -0.2) is 50.5 Å². The molecule has 0 spiro atoms. The number of methoxy groups -OCH3 is 2. The lowest BCUT2D eigenvalue weighted by molar-refractivity contribution is 0.121. The quantitative estimate of drug-likeness (QED) is 0.864. The molecular weight excluding hydrogens is 254 g/mol. The highest BCUT2D eigenvalue weighted by Gasteiger charge is 2.18. The summed E-state index contributed by atoms with van der Waals surface area (Å²) >= 11 is 0. The largest absolute Gasteiger partial charge is 0.493 e. The van der Waals surface area contributed by atoms with Crippen LogP contribution in [0.25, 0.3) is 0 Å². The fourth-order valence-corrected chi connectivity index (χ4v) is 2.83. The molecule has 112 valence electrons. The van der Waals surface area contributed by atoms with Crippen molar-refractivity contribution in [1.82, 2.24) is 4.90 Å². The summed E-state index contributed by atoms with van der Waals surface area (Å²) in [6.45, 7) is 3.51. The Kier molecular flexibility index (Phi) is 5.68. The highest BCUT2D eigenvalue weighted by atomic mass is 16.5. The Morgan fingerprint density at radius 1 is 1.25 bits per heavy atom. The molecule has 1 atom stereocenters. The van der Waals surface area contributed by atoms with Gasteiger partial charge in [0.25, 0.3) is 0 Å². The van der Waals surface area contributed by atoms with Gasteiger partial charge in [0.1, 0.15) is 0 Å². The molecule has 0 radical (unpaired) electrons. The van der Waals surface area contributed by atoms with Gasteiger partial charge in [-0.2, -0.15) is 0 Å². The van der Waals surface area contributed by atoms with E-state index in [9.17, 15) is 5.11 Å². The molecule has 1 aliphatic rings. The van der Waals surface area contributed by atoms with Gasteiger partial charge in [0.2, 0.25) is 0 Å². The number of ether oxygens (including phenoxy) is 2. The van der Waals surface area contributed by atoms with Gasteiger partial charge in [-0.15, -0.1) is 0 Å². The molecule has 1 fully saturated rings. The van der Waals surface area contributed by atoms with Gasteiger partial charge in [-0.25, -0.2) is 0 Å². The van der Waals surface area contributed by atoms with Crippen LogP contribution in [0.15, 0.2) is 18.2 Å². The van der Waals surface area contributed by atoms with E-state index in [1.54, 1.807) is 14.2 Å². The second-order valence-electron chi connectivity index (χ2n) is 5.43. The fourth-order valence-electron chi connectivity index (χ4n) is 2.83. The number of piperidine rings is 1. The van der Waals surface area contributed by atoms with Gasteiger partial charge in [-0.1, -0.05) is 6.07 Å². The lowest BCUT2D eigenvalue weighted by Crippen LogP contribution is -2.37. The minimum Gasteiger partial charge on any atom is -0.493 e. The van der Waals surface area contributed by atoms with Gasteiger partial charge in [0.15, 0.2) is 11.5 Å². The average Bonchev–Trinajstić information content (AvgIpc) is 2.52. The highest BCUT2D eigenvalue weighted by Crippen LogP contribution is 2.28. The van der Waals surface area contributed by atoms with Gasteiger partial charge in [0.05, 0.1) is 14.2 Å². The van der Waals surface area contributed by atoms with Gasteiger partial charge in [-0.05, 0) is 49.4 Å². The average molecular weight is 279 g/mol. The minimum atomic E-state index is 0.312. The van der Waals surface area contributed by atoms with Crippen LogP contribution in [0, 0.1) is 5.92 Å². The number of rotatable bonds is 6. The van der Waals surface area contributed by atoms with Crippen LogP contribution in [0.2, 0.25) is 0 Å². The third kappa shape index (κ3) is 3.87. The van der Waals surface area contributed by atoms with Gasteiger partial charge >= 0.3 is 0 Å². The summed E-state index contributed by atoms with van der Waals surface area (Å²) in [6, 6.07) is 6.10. The Labute approximate surface area is 121 Å². The van der Waals surface area contributed by atoms with Crippen LogP contribution < -0.4 is 9.47 Å². The van der Waals surface area contributed by atoms with E-state index in [0.717, 1.165) is 44.0 Å². The number of hydrogen-bond acceptors (Lipinski definition) is 4. The summed E-state index contributed by atoms with van der Waals surface area (Å²) in [6.07, 6.45) is 3.35. The summed E-state index contributed by atoms with van der Waals surface area (Å²) in [7, 11) is 3.32. The summed E-state index contributed by atoms with van der Waals surface area (Å²) in [5, 5.41) is 9.26. The Morgan fingerprint density at radius 3 is 2.75 bits per heavy atom. The molecule has 4 nitrogen and oxygen atoms in total. The fraction of sp³-hybridized carbons (Fsp3) is 0.625. The van der Waals surface area contributed by atoms with Crippen molar-refractivity contribution in [2.24, 2.45) is 5.92 Å². The maximum atomic E-state index is 9.26. The van der Waals surface area contributed by atoms with Crippen molar-refractivity contribution in [1.29, 1.82) is 0 Å². The second-order valence-corrected chi connectivity index (χ2v) is 5.43. The van der Waals surface area contributed by atoms with Crippen LogP contribution in [0.5, 0.6) is 11.5 Å². The summed E-state index contributed by atoms with van der Waals surface area (Å²) in [4.78, 5) is 2.45. The van der Waals surface area contributed by atoms with Crippen LogP contribution in [0.3, 0.4) is 0 Å². The van der Waals surface area contributed by atoms with E-state index in [4.69, 9.17) is 9.47 Å². The molecule has 1 aliphatic heterocycles. The van der Waals surface area contributed by atoms with Crippen molar-refractivity contribution in [3.8, 4) is 11.5 Å². The maximum Gasteiger partial charge on any atom is 0.160 e. The van der Waals surface area contributed by atoms with Crippen molar-refractivity contribution in [3.63, 3.8) is 0 Å². The first-order chi connectivity index (χ1) is 9.76. The lowest BCUT2D eigenvalue weighted by Gasteiger charge is -2.31. The number of benzene rings is 1. The smallest absolute Gasteiger partial charge is 0.160 e. The number of likely N-dealkylation sites (tertiary alicyclic amines) is 1. The van der Waals surface area contributed by atoms with E-state index in [1.165, 1.54) is 12.0 Å². The summed E-state index contributed by atoms with van der Waals surface area (Å²) in [5.41, 5.74) is 1.26. The number of nitrogens with zero attached hydrogens (tertiary/aromatic N) is 1. The first kappa shape index (κ1) is 15.1. The molecular formula is C16H25NO3. The molecule has 1 aromatic rings. The van der Waals surface area contributed by atoms with Gasteiger partial charge < -0.3 is 19.5 Å². The predicted octanol–water partition coefficient (Wildman–Crippen LogP) is 1.95. The topological polar surface area (TPSA) is 41.9 Å². The van der Waals surface area contributed by atoms with Crippen molar-refractivity contribution < 1.29 is 14.6 Å². The molecule has 1 saturated heterocycles. The zero-order valence-electron chi connectivity index (χ0n) is 12.5. The molecule has 1 aromatic carbocycles. The molecule has 2 rings (SSSR count). The normalized spacial score (nSPS) is 19.9. The molecule has 20 heavy (non-hydrogen) atoms. The van der Waals surface area contributed by atoms with E-state index in [0.29, 0.717) is 12.5 Å². The number of aliphatic hydroxyl groups is 1. The molecule has 0 bridgehead atoms. The van der Waals surface area contributed by atoms with Crippen LogP contribution in [0.4, 0.5) is 0 Å². The zero-order chi connectivity index (χ0) is 14.4. The van der Waals surface area contributed by atoms with Crippen LogP contribution in [0.1, 0.15) is 18.4 Å². The summed E-state index contributed by atoms with van der Waals surface area (Å²) < 4.78 is 10.6. The van der Waals surface area contributed by atoms with E-state index in [1.807, 2.05) is 12.1 Å². The Morgan fingerprint density at radius 2 is 2.05 bits per heavy atom. The maximum absolute atomic E-state index is 9.26. The molecule has 0 aliphatic carbocycles. The van der Waals surface area contributed by atoms with E-state index >= 15 is 0 Å². The van der Waals surface area contributed by atoms with E-state index in [-0.39, 0.29) is 0 Å². The van der Waals surface area contributed by atoms with E-state index < -0.39 is 0 Å². The third-order valence-electron chi connectivity index (χ3n) is 4.03. The number of hydrogen-bond donors (Lipinski definition) is 1. The van der Waals surface area contributed by atoms with E-state index in [2.05, 4.69) is 11.0 Å². The molecule has 0 aromatic heterocycles. The SMILES string of the molecule is COc1ccc(CCN2CCC[C@H](CO)C2)cc1OC. The van der Waals surface area contributed by atoms with Crippen molar-refractivity contribution in [2.45, 2.75) is 19.3 Å². The Bertz CT molecular complexity index is 422. The molecule has 4 heteroatoms. The highest BCUT2D eigenvalue weighted by molar-refractivity contribution is 5.42. The molecule has 0 amide bonds. The summed E-state index contributed by atoms with van der Waals surface area (Å²) in [5.74, 6) is 2.01. The van der Waals surface area contributed by atoms with Crippen molar-refractivity contribution in [3.05, 3.63) is 23.8 Å². The zero-order valence-corrected chi connectivity index (χ0v) is 12.5. The van der Waals surface area contributed by atoms with Crippen molar-refractivity contribution in [2.75, 3.05) is 40.5 Å². The first-order valence-electron chi connectivity index (χ1n) is 7.31. The Hall–Kier alpha value is -1.26. The molecule has 0 unspecified atom stereocenters. The predicted molar refractivity (Wildman–Crippen MR) is 79.5 cm³/mol. The minimum absolute atomic E-state index is 0.312. The van der Waals surface area contributed by atoms with Crippen LogP contribution in [-0.2, 0) is 6.42 Å². The number of aliphatic hydroxyl groups excluding tert-OH is 1. The lowest BCUT2D eigenvalue weighted by atomic mass is 9.98. The third-order valence-corrected chi connectivity index (χ3v) is 4.03. The van der Waals surface area contributed by atoms with Gasteiger partial charge in [-0.3, -0.25) is 0 Å². The Balaban J connectivity index is 1.90. The molecule has 0 saturated carbocycles. The monoisotopic (exact) mass is 279 g/mol. The molecule has 1 heterocycles. The standard InChI is InChI=1S/C16H25NO3/c1-19-15-6-5-13(10-16(15)20-2)7-9-17-8-3-4-14(11-17)12-18/h5-6,10,14,18H,3-4,7-9,11-12H2,1-2H3/t14-/m0/s1. The first-order valence-corrected chi connectivity index (χ1v) is 7.31. The molecule has 1 N–H and O–H groups in total. The van der Waals surface area contributed by atoms with Crippen molar-refractivity contribution >= 4 is 0 Å². The van der Waals surface area contributed by atoms with Crippen LogP contribution >= 0.6 is 0 Å². The van der Waals surface area contributed by atoms with Gasteiger partial charge in [0, 0.05) is 19.7 Å².